The van der Waals surface area contributed by atoms with Crippen LogP contribution in [0.3, 0.4) is 0 Å². The first kappa shape index (κ1) is 18.0. The Bertz CT molecular complexity index is 792. The van der Waals surface area contributed by atoms with Gasteiger partial charge in [0, 0.05) is 70.0 Å². The monoisotopic (exact) mass is 364 g/mol. The highest BCUT2D eigenvalue weighted by atomic mass is 16.2. The summed E-state index contributed by atoms with van der Waals surface area (Å²) in [6.07, 6.45) is 6.04. The second kappa shape index (κ2) is 7.69. The van der Waals surface area contributed by atoms with Gasteiger partial charge >= 0.3 is 0 Å². The van der Waals surface area contributed by atoms with Crippen LogP contribution < -0.4 is 4.90 Å². The van der Waals surface area contributed by atoms with E-state index in [1.54, 1.807) is 0 Å². The quantitative estimate of drug-likeness (QED) is 0.836. The number of anilines is 1. The lowest BCUT2D eigenvalue weighted by atomic mass is 9.94. The third-order valence-corrected chi connectivity index (χ3v) is 5.82. The molecule has 2 atom stereocenters. The highest BCUT2D eigenvalue weighted by molar-refractivity contribution is 5.95. The number of piperidine rings is 1. The molecule has 3 saturated heterocycles. The minimum absolute atomic E-state index is 0.180. The van der Waals surface area contributed by atoms with Crippen LogP contribution >= 0.6 is 0 Å². The number of hydrogen-bond donors (Lipinski definition) is 0. The highest BCUT2D eigenvalue weighted by Gasteiger charge is 2.37. The molecule has 0 aliphatic carbocycles. The van der Waals surface area contributed by atoms with Gasteiger partial charge in [-0.05, 0) is 54.7 Å². The van der Waals surface area contributed by atoms with E-state index in [1.807, 2.05) is 55.7 Å². The van der Waals surface area contributed by atoms with E-state index in [0.717, 1.165) is 43.9 Å². The van der Waals surface area contributed by atoms with Gasteiger partial charge in [0.25, 0.3) is 5.91 Å². The summed E-state index contributed by atoms with van der Waals surface area (Å²) in [6, 6.07) is 12.5. The molecule has 0 N–H and O–H groups in total. The van der Waals surface area contributed by atoms with Gasteiger partial charge < -0.3 is 9.80 Å². The standard InChI is InChI=1S/C22H28N4O/c1-24(2)20-5-3-4-19(12-20)22(27)26-15-18-6-7-21(26)16-25(14-18)13-17-8-10-23-11-9-17/h3-5,8-12,18,21H,6-7,13-16H2,1-2H3/t18-,21+/m0/s1. The molecule has 27 heavy (non-hydrogen) atoms. The Balaban J connectivity index is 1.50. The van der Waals surface area contributed by atoms with Crippen LogP contribution in [0.4, 0.5) is 5.69 Å². The van der Waals surface area contributed by atoms with Crippen LogP contribution in [0, 0.1) is 5.92 Å². The smallest absolute Gasteiger partial charge is 0.254 e. The molecular weight excluding hydrogens is 336 g/mol. The fraction of sp³-hybridized carbons (Fsp3) is 0.455. The van der Waals surface area contributed by atoms with Crippen molar-refractivity contribution >= 4 is 11.6 Å². The Hall–Kier alpha value is -2.40. The molecule has 0 radical (unpaired) electrons. The van der Waals surface area contributed by atoms with Crippen LogP contribution in [-0.4, -0.2) is 60.5 Å². The summed E-state index contributed by atoms with van der Waals surface area (Å²) in [4.78, 5) is 24.1. The Morgan fingerprint density at radius 1 is 1.11 bits per heavy atom. The molecule has 0 saturated carbocycles. The first-order valence-electron chi connectivity index (χ1n) is 9.80. The molecule has 5 nitrogen and oxygen atoms in total. The molecule has 1 aromatic carbocycles. The van der Waals surface area contributed by atoms with E-state index in [4.69, 9.17) is 0 Å². The Labute approximate surface area is 161 Å². The molecule has 3 aliphatic heterocycles. The molecule has 142 valence electrons. The maximum Gasteiger partial charge on any atom is 0.254 e. The summed E-state index contributed by atoms with van der Waals surface area (Å²) in [5.41, 5.74) is 3.16. The zero-order valence-corrected chi connectivity index (χ0v) is 16.2. The number of nitrogens with zero attached hydrogens (tertiary/aromatic N) is 4. The molecule has 0 spiro atoms. The normalized spacial score (nSPS) is 22.5. The zero-order chi connectivity index (χ0) is 18.8. The predicted octanol–water partition coefficient (Wildman–Crippen LogP) is 2.88. The second-order valence-corrected chi connectivity index (χ2v) is 8.05. The van der Waals surface area contributed by atoms with E-state index in [2.05, 4.69) is 26.9 Å². The van der Waals surface area contributed by atoms with Gasteiger partial charge in [-0.25, -0.2) is 0 Å². The van der Waals surface area contributed by atoms with E-state index in [-0.39, 0.29) is 5.91 Å². The number of aromatic nitrogens is 1. The number of pyridine rings is 1. The molecule has 4 heterocycles. The minimum atomic E-state index is 0.180. The summed E-state index contributed by atoms with van der Waals surface area (Å²) in [6.45, 7) is 3.84. The number of fused-ring (bicyclic) bond motifs is 4. The molecular formula is C22H28N4O. The SMILES string of the molecule is CN(C)c1cccc(C(=O)N2C[C@H]3CC[C@@H]2CN(Cc2ccncc2)C3)c1. The lowest BCUT2D eigenvalue weighted by Crippen LogP contribution is -2.47. The van der Waals surface area contributed by atoms with Gasteiger partial charge in [0.2, 0.25) is 0 Å². The van der Waals surface area contributed by atoms with Crippen molar-refractivity contribution in [1.82, 2.24) is 14.8 Å². The van der Waals surface area contributed by atoms with E-state index < -0.39 is 0 Å². The number of carbonyl (C=O) groups is 1. The molecule has 3 fully saturated rings. The van der Waals surface area contributed by atoms with Gasteiger partial charge in [-0.15, -0.1) is 0 Å². The van der Waals surface area contributed by atoms with Crippen LogP contribution in [0.1, 0.15) is 28.8 Å². The number of hydrogen-bond acceptors (Lipinski definition) is 4. The first-order valence-corrected chi connectivity index (χ1v) is 9.80. The summed E-state index contributed by atoms with van der Waals surface area (Å²) >= 11 is 0. The average Bonchev–Trinajstić information content (AvgIpc) is 2.99. The largest absolute Gasteiger partial charge is 0.378 e. The van der Waals surface area contributed by atoms with Gasteiger partial charge in [0.1, 0.15) is 0 Å². The summed E-state index contributed by atoms with van der Waals surface area (Å²) in [5, 5.41) is 0. The number of carbonyl (C=O) groups excluding carboxylic acids is 1. The van der Waals surface area contributed by atoms with Crippen molar-refractivity contribution in [3.8, 4) is 0 Å². The van der Waals surface area contributed by atoms with Gasteiger partial charge in [-0.2, -0.15) is 0 Å². The van der Waals surface area contributed by atoms with Gasteiger partial charge in [0.15, 0.2) is 0 Å². The van der Waals surface area contributed by atoms with Crippen LogP contribution in [0.5, 0.6) is 0 Å². The summed E-state index contributed by atoms with van der Waals surface area (Å²) < 4.78 is 0. The van der Waals surface area contributed by atoms with Crippen molar-refractivity contribution in [3.05, 3.63) is 59.9 Å². The molecule has 5 heteroatoms. The number of rotatable bonds is 4. The third-order valence-electron chi connectivity index (χ3n) is 5.82. The predicted molar refractivity (Wildman–Crippen MR) is 108 cm³/mol. The van der Waals surface area contributed by atoms with Gasteiger partial charge in [-0.3, -0.25) is 14.7 Å². The summed E-state index contributed by atoms with van der Waals surface area (Å²) in [5.74, 6) is 0.741. The van der Waals surface area contributed by atoms with Crippen molar-refractivity contribution in [2.24, 2.45) is 5.92 Å². The lowest BCUT2D eigenvalue weighted by Gasteiger charge is -2.36. The fourth-order valence-electron chi connectivity index (χ4n) is 4.39. The fourth-order valence-corrected chi connectivity index (χ4v) is 4.39. The minimum Gasteiger partial charge on any atom is -0.378 e. The van der Waals surface area contributed by atoms with Crippen LogP contribution in [-0.2, 0) is 6.54 Å². The van der Waals surface area contributed by atoms with Crippen molar-refractivity contribution in [2.45, 2.75) is 25.4 Å². The topological polar surface area (TPSA) is 39.7 Å². The lowest BCUT2D eigenvalue weighted by molar-refractivity contribution is 0.0585. The average molecular weight is 364 g/mol. The van der Waals surface area contributed by atoms with Crippen LogP contribution in [0.25, 0.3) is 0 Å². The van der Waals surface area contributed by atoms with Crippen molar-refractivity contribution in [3.63, 3.8) is 0 Å². The van der Waals surface area contributed by atoms with E-state index >= 15 is 0 Å². The van der Waals surface area contributed by atoms with E-state index in [1.165, 1.54) is 12.0 Å². The van der Waals surface area contributed by atoms with Crippen LogP contribution in [0.2, 0.25) is 0 Å². The Morgan fingerprint density at radius 2 is 1.93 bits per heavy atom. The Kier molecular flexibility index (Phi) is 5.12. The third kappa shape index (κ3) is 3.98. The first-order chi connectivity index (χ1) is 13.1. The van der Waals surface area contributed by atoms with Crippen molar-refractivity contribution in [2.75, 3.05) is 38.6 Å². The zero-order valence-electron chi connectivity index (χ0n) is 16.2. The van der Waals surface area contributed by atoms with Crippen molar-refractivity contribution < 1.29 is 4.79 Å². The molecule has 5 rings (SSSR count). The maximum atomic E-state index is 13.3. The van der Waals surface area contributed by atoms with Crippen LogP contribution in [0.15, 0.2) is 48.8 Å². The molecule has 0 unspecified atom stereocenters. The molecule has 1 aromatic heterocycles. The maximum absolute atomic E-state index is 13.3. The Morgan fingerprint density at radius 3 is 2.70 bits per heavy atom. The van der Waals surface area contributed by atoms with Gasteiger partial charge in [0.05, 0.1) is 0 Å². The highest BCUT2D eigenvalue weighted by Crippen LogP contribution is 2.30. The van der Waals surface area contributed by atoms with Crippen molar-refractivity contribution in [1.29, 1.82) is 0 Å². The molecule has 2 bridgehead atoms. The molecule has 3 aliphatic rings. The number of benzene rings is 1. The number of amides is 1. The molecule has 2 aromatic rings. The molecule has 1 amide bonds. The van der Waals surface area contributed by atoms with Gasteiger partial charge in [-0.1, -0.05) is 6.07 Å². The van der Waals surface area contributed by atoms with E-state index in [0.29, 0.717) is 12.0 Å². The summed E-state index contributed by atoms with van der Waals surface area (Å²) in [7, 11) is 4.02. The van der Waals surface area contributed by atoms with E-state index in [9.17, 15) is 4.79 Å². The second-order valence-electron chi connectivity index (χ2n) is 8.05.